The fourth-order valence-electron chi connectivity index (χ4n) is 3.01. The Hall–Kier alpha value is -1.34. The van der Waals surface area contributed by atoms with E-state index in [4.69, 9.17) is 5.14 Å². The Morgan fingerprint density at radius 1 is 1.38 bits per heavy atom. The third kappa shape index (κ3) is 3.29. The molecule has 1 aromatic heterocycles. The molecule has 1 fully saturated rings. The lowest BCUT2D eigenvalue weighted by Gasteiger charge is -2.28. The van der Waals surface area contributed by atoms with Gasteiger partial charge in [-0.15, -0.1) is 0 Å². The van der Waals surface area contributed by atoms with Crippen molar-refractivity contribution in [1.29, 1.82) is 0 Å². The van der Waals surface area contributed by atoms with Crippen LogP contribution < -0.4 is 5.14 Å². The maximum Gasteiger partial charge on any atom is 0.270 e. The Kier molecular flexibility index (Phi) is 4.73. The van der Waals surface area contributed by atoms with Crippen LogP contribution >= 0.6 is 0 Å². The Morgan fingerprint density at radius 2 is 2.00 bits per heavy atom. The van der Waals surface area contributed by atoms with Gasteiger partial charge in [0.05, 0.1) is 0 Å². The number of hydrogen-bond donors (Lipinski definition) is 1. The van der Waals surface area contributed by atoms with E-state index in [0.29, 0.717) is 18.8 Å². The minimum atomic E-state index is -3.79. The monoisotopic (exact) mass is 313 g/mol. The number of hydrogen-bond acceptors (Lipinski definition) is 3. The molecule has 1 amide bonds. The Bertz CT molecular complexity index is 615. The molecule has 2 rings (SSSR count). The van der Waals surface area contributed by atoms with Crippen molar-refractivity contribution in [1.82, 2.24) is 9.47 Å². The van der Waals surface area contributed by atoms with E-state index >= 15 is 0 Å². The quantitative estimate of drug-likeness (QED) is 0.895. The largest absolute Gasteiger partial charge is 0.342 e. The van der Waals surface area contributed by atoms with Crippen LogP contribution in [0.5, 0.6) is 0 Å². The zero-order valence-electron chi connectivity index (χ0n) is 12.6. The van der Waals surface area contributed by atoms with Crippen molar-refractivity contribution in [3.8, 4) is 0 Å². The van der Waals surface area contributed by atoms with Gasteiger partial charge in [-0.25, -0.2) is 13.6 Å². The molecule has 0 aliphatic heterocycles. The highest BCUT2D eigenvalue weighted by Crippen LogP contribution is 2.25. The van der Waals surface area contributed by atoms with Gasteiger partial charge in [-0.05, 0) is 32.8 Å². The van der Waals surface area contributed by atoms with E-state index in [9.17, 15) is 13.2 Å². The Balaban J connectivity index is 2.35. The summed E-state index contributed by atoms with van der Waals surface area (Å²) in [6.07, 6.45) is 5.77. The zero-order chi connectivity index (χ0) is 15.6. The van der Waals surface area contributed by atoms with Crippen LogP contribution in [0.25, 0.3) is 0 Å². The molecule has 1 saturated carbocycles. The predicted molar refractivity (Wildman–Crippen MR) is 80.4 cm³/mol. The van der Waals surface area contributed by atoms with E-state index in [2.05, 4.69) is 0 Å². The van der Waals surface area contributed by atoms with Gasteiger partial charge in [0.25, 0.3) is 5.91 Å². The summed E-state index contributed by atoms with van der Waals surface area (Å²) in [7, 11) is -3.79. The standard InChI is InChI=1S/C14H23N3O3S/c1-3-16-10-12(21(15,19)20)9-13(16)14(18)17(4-2)11-7-5-6-8-11/h9-11H,3-8H2,1-2H3,(H2,15,19,20). The Labute approximate surface area is 126 Å². The van der Waals surface area contributed by atoms with Gasteiger partial charge in [-0.3, -0.25) is 4.79 Å². The molecule has 21 heavy (non-hydrogen) atoms. The van der Waals surface area contributed by atoms with Crippen molar-refractivity contribution in [2.75, 3.05) is 6.54 Å². The minimum absolute atomic E-state index is 0.00447. The summed E-state index contributed by atoms with van der Waals surface area (Å²) < 4.78 is 24.6. The number of rotatable bonds is 5. The average Bonchev–Trinajstić information content (AvgIpc) is 3.07. The molecule has 1 aliphatic rings. The van der Waals surface area contributed by atoms with Crippen LogP contribution in [0.15, 0.2) is 17.2 Å². The maximum atomic E-state index is 12.8. The molecule has 2 N–H and O–H groups in total. The first-order valence-electron chi connectivity index (χ1n) is 7.42. The van der Waals surface area contributed by atoms with Crippen LogP contribution in [0.4, 0.5) is 0 Å². The van der Waals surface area contributed by atoms with Crippen LogP contribution in [0.2, 0.25) is 0 Å². The summed E-state index contributed by atoms with van der Waals surface area (Å²) in [4.78, 5) is 14.6. The Morgan fingerprint density at radius 3 is 2.48 bits per heavy atom. The van der Waals surface area contributed by atoms with Gasteiger partial charge < -0.3 is 9.47 Å². The first-order chi connectivity index (χ1) is 9.88. The number of primary sulfonamides is 1. The van der Waals surface area contributed by atoms with Crippen molar-refractivity contribution in [2.24, 2.45) is 5.14 Å². The summed E-state index contributed by atoms with van der Waals surface area (Å²) in [5.41, 5.74) is 0.398. The SMILES string of the molecule is CCN(C(=O)c1cc(S(N)(=O)=O)cn1CC)C1CCCC1. The van der Waals surface area contributed by atoms with Crippen LogP contribution in [0.1, 0.15) is 50.0 Å². The number of carbonyl (C=O) groups is 1. The van der Waals surface area contributed by atoms with Crippen LogP contribution in [0.3, 0.4) is 0 Å². The second-order valence-electron chi connectivity index (χ2n) is 5.42. The zero-order valence-corrected chi connectivity index (χ0v) is 13.4. The third-order valence-corrected chi connectivity index (χ3v) is 5.01. The lowest BCUT2D eigenvalue weighted by Crippen LogP contribution is -2.39. The average molecular weight is 313 g/mol. The molecule has 1 aromatic rings. The molecule has 0 bridgehead atoms. The molecule has 0 atom stereocenters. The molecule has 1 aliphatic carbocycles. The summed E-state index contributed by atoms with van der Waals surface area (Å²) in [6, 6.07) is 1.65. The van der Waals surface area contributed by atoms with E-state index < -0.39 is 10.0 Å². The van der Waals surface area contributed by atoms with Crippen LogP contribution in [-0.2, 0) is 16.6 Å². The number of amides is 1. The first kappa shape index (κ1) is 16.0. The van der Waals surface area contributed by atoms with Gasteiger partial charge in [0.2, 0.25) is 10.0 Å². The number of nitrogens with two attached hydrogens (primary N) is 1. The highest BCUT2D eigenvalue weighted by atomic mass is 32.2. The first-order valence-corrected chi connectivity index (χ1v) is 8.97. The third-order valence-electron chi connectivity index (χ3n) is 4.13. The van der Waals surface area contributed by atoms with E-state index in [1.807, 2.05) is 18.7 Å². The molecule has 0 aromatic carbocycles. The number of aromatic nitrogens is 1. The topological polar surface area (TPSA) is 85.4 Å². The van der Waals surface area contributed by atoms with Gasteiger partial charge in [0.15, 0.2) is 0 Å². The maximum absolute atomic E-state index is 12.8. The fourth-order valence-corrected chi connectivity index (χ4v) is 3.56. The van der Waals surface area contributed by atoms with Gasteiger partial charge in [-0.2, -0.15) is 0 Å². The molecule has 7 heteroatoms. The molecule has 6 nitrogen and oxygen atoms in total. The molecule has 0 unspecified atom stereocenters. The second-order valence-corrected chi connectivity index (χ2v) is 6.98. The van der Waals surface area contributed by atoms with Gasteiger partial charge in [0, 0.05) is 25.3 Å². The minimum Gasteiger partial charge on any atom is -0.342 e. The van der Waals surface area contributed by atoms with Crippen LogP contribution in [0, 0.1) is 0 Å². The summed E-state index contributed by atoms with van der Waals surface area (Å²) in [5, 5.41) is 5.16. The lowest BCUT2D eigenvalue weighted by atomic mass is 10.2. The number of sulfonamides is 1. The number of carbonyl (C=O) groups excluding carboxylic acids is 1. The van der Waals surface area contributed by atoms with Crippen molar-refractivity contribution in [3.05, 3.63) is 18.0 Å². The molecule has 0 saturated heterocycles. The molecule has 118 valence electrons. The van der Waals surface area contributed by atoms with E-state index in [1.54, 1.807) is 4.57 Å². The predicted octanol–water partition coefficient (Wildman–Crippen LogP) is 1.56. The van der Waals surface area contributed by atoms with E-state index in [1.165, 1.54) is 12.3 Å². The lowest BCUT2D eigenvalue weighted by molar-refractivity contribution is 0.0682. The molecular weight excluding hydrogens is 290 g/mol. The second kappa shape index (κ2) is 6.19. The molecular formula is C14H23N3O3S. The fraction of sp³-hybridized carbons (Fsp3) is 0.643. The van der Waals surface area contributed by atoms with Crippen molar-refractivity contribution >= 4 is 15.9 Å². The van der Waals surface area contributed by atoms with Gasteiger partial charge in [-0.1, -0.05) is 12.8 Å². The normalized spacial score (nSPS) is 16.3. The van der Waals surface area contributed by atoms with Gasteiger partial charge in [0.1, 0.15) is 10.6 Å². The summed E-state index contributed by atoms with van der Waals surface area (Å²) in [6.45, 7) is 4.98. The van der Waals surface area contributed by atoms with E-state index in [-0.39, 0.29) is 16.8 Å². The van der Waals surface area contributed by atoms with Crippen molar-refractivity contribution in [3.63, 3.8) is 0 Å². The van der Waals surface area contributed by atoms with E-state index in [0.717, 1.165) is 25.7 Å². The highest BCUT2D eigenvalue weighted by molar-refractivity contribution is 7.89. The molecule has 1 heterocycles. The number of aryl methyl sites for hydroxylation is 1. The van der Waals surface area contributed by atoms with Crippen LogP contribution in [-0.4, -0.2) is 36.4 Å². The summed E-state index contributed by atoms with van der Waals surface area (Å²) >= 11 is 0. The van der Waals surface area contributed by atoms with Gasteiger partial charge >= 0.3 is 0 Å². The van der Waals surface area contributed by atoms with Crippen molar-refractivity contribution in [2.45, 2.75) is 57.0 Å². The molecule has 0 spiro atoms. The number of nitrogens with zero attached hydrogens (tertiary/aromatic N) is 2. The highest BCUT2D eigenvalue weighted by Gasteiger charge is 2.28. The smallest absolute Gasteiger partial charge is 0.270 e. The molecule has 0 radical (unpaired) electrons. The van der Waals surface area contributed by atoms with Crippen molar-refractivity contribution < 1.29 is 13.2 Å². The summed E-state index contributed by atoms with van der Waals surface area (Å²) in [5.74, 6) is -0.110.